The Bertz CT molecular complexity index is 921. The molecule has 0 unspecified atom stereocenters. The molecule has 0 saturated carbocycles. The van der Waals surface area contributed by atoms with Crippen molar-refractivity contribution < 1.29 is 0 Å². The molecule has 0 radical (unpaired) electrons. The lowest BCUT2D eigenvalue weighted by Crippen LogP contribution is -2.37. The Morgan fingerprint density at radius 2 is 1.92 bits per heavy atom. The molecule has 3 rings (SSSR count). The van der Waals surface area contributed by atoms with E-state index < -0.39 is 0 Å². The molecule has 1 saturated heterocycles. The van der Waals surface area contributed by atoms with Crippen LogP contribution in [0.25, 0.3) is 11.2 Å². The fourth-order valence-electron chi connectivity index (χ4n) is 3.17. The van der Waals surface area contributed by atoms with Gasteiger partial charge in [0.15, 0.2) is 11.2 Å². The maximum atomic E-state index is 12.8. The van der Waals surface area contributed by atoms with Crippen LogP contribution >= 0.6 is 0 Å². The second-order valence-corrected chi connectivity index (χ2v) is 6.77. The van der Waals surface area contributed by atoms with Crippen molar-refractivity contribution in [2.45, 2.75) is 26.8 Å². The van der Waals surface area contributed by atoms with Crippen LogP contribution < -0.4 is 21.5 Å². The number of fused-ring (bicyclic) bond motifs is 1. The fraction of sp³-hybridized carbons (Fsp3) is 0.588. The van der Waals surface area contributed by atoms with E-state index in [0.717, 1.165) is 43.1 Å². The number of hydrogen-bond acceptors (Lipinski definition) is 5. The van der Waals surface area contributed by atoms with Gasteiger partial charge in [-0.2, -0.15) is 4.98 Å². The Balaban J connectivity index is 2.28. The number of anilines is 1. The van der Waals surface area contributed by atoms with Crippen LogP contribution in [-0.4, -0.2) is 44.9 Å². The van der Waals surface area contributed by atoms with Gasteiger partial charge in [-0.25, -0.2) is 4.79 Å². The van der Waals surface area contributed by atoms with E-state index in [0.29, 0.717) is 17.7 Å². The third-order valence-electron chi connectivity index (χ3n) is 4.63. The zero-order valence-electron chi connectivity index (χ0n) is 15.4. The molecule has 0 aromatic carbocycles. The third-order valence-corrected chi connectivity index (χ3v) is 4.63. The van der Waals surface area contributed by atoms with Crippen molar-refractivity contribution in [2.24, 2.45) is 14.1 Å². The van der Waals surface area contributed by atoms with Crippen LogP contribution in [0.4, 0.5) is 5.95 Å². The summed E-state index contributed by atoms with van der Waals surface area (Å²) in [5, 5.41) is 3.38. The molecule has 1 aliphatic heterocycles. The molecule has 1 N–H and O–H groups in total. The highest BCUT2D eigenvalue weighted by molar-refractivity contribution is 5.74. The Morgan fingerprint density at radius 1 is 1.16 bits per heavy atom. The minimum absolute atomic E-state index is 0.299. The van der Waals surface area contributed by atoms with Crippen molar-refractivity contribution >= 4 is 17.1 Å². The first-order valence-electron chi connectivity index (χ1n) is 8.67. The van der Waals surface area contributed by atoms with E-state index in [-0.39, 0.29) is 11.2 Å². The number of imidazole rings is 1. The zero-order chi connectivity index (χ0) is 18.1. The number of nitrogens with zero attached hydrogens (tertiary/aromatic N) is 5. The predicted octanol–water partition coefficient (Wildman–Crippen LogP) is 0.200. The van der Waals surface area contributed by atoms with Crippen LogP contribution in [0.5, 0.6) is 0 Å². The summed E-state index contributed by atoms with van der Waals surface area (Å²) in [7, 11) is 3.17. The molecule has 0 amide bonds. The molecule has 0 bridgehead atoms. The molecule has 136 valence electrons. The Hall–Kier alpha value is -2.35. The van der Waals surface area contributed by atoms with Gasteiger partial charge in [0.25, 0.3) is 5.56 Å². The predicted molar refractivity (Wildman–Crippen MR) is 99.3 cm³/mol. The van der Waals surface area contributed by atoms with E-state index in [4.69, 9.17) is 4.98 Å². The van der Waals surface area contributed by atoms with Crippen LogP contribution in [0.15, 0.2) is 21.2 Å². The van der Waals surface area contributed by atoms with Crippen molar-refractivity contribution in [3.63, 3.8) is 0 Å². The van der Waals surface area contributed by atoms with Gasteiger partial charge < -0.3 is 14.8 Å². The molecule has 3 heterocycles. The third kappa shape index (κ3) is 3.13. The average molecular weight is 346 g/mol. The standard InChI is InChI=1S/C17H26N6O2/c1-12(2)6-10-23-13-14(20(3)17(25)21(4)15(13)24)19-16(23)22-9-5-7-18-8-11-22/h6,18H,5,7-11H2,1-4H3. The van der Waals surface area contributed by atoms with E-state index in [2.05, 4.69) is 16.3 Å². The first-order valence-corrected chi connectivity index (χ1v) is 8.67. The zero-order valence-corrected chi connectivity index (χ0v) is 15.4. The number of nitrogens with one attached hydrogen (secondary N) is 1. The maximum absolute atomic E-state index is 12.8. The topological polar surface area (TPSA) is 77.1 Å². The summed E-state index contributed by atoms with van der Waals surface area (Å²) in [6.07, 6.45) is 3.09. The largest absolute Gasteiger partial charge is 0.341 e. The minimum Gasteiger partial charge on any atom is -0.341 e. The van der Waals surface area contributed by atoms with Gasteiger partial charge in [0, 0.05) is 40.3 Å². The van der Waals surface area contributed by atoms with Gasteiger partial charge in [-0.05, 0) is 26.8 Å². The van der Waals surface area contributed by atoms with Gasteiger partial charge >= 0.3 is 5.69 Å². The lowest BCUT2D eigenvalue weighted by atomic mass is 10.3. The minimum atomic E-state index is -0.353. The Labute approximate surface area is 146 Å². The van der Waals surface area contributed by atoms with Crippen LogP contribution in [-0.2, 0) is 20.6 Å². The highest BCUT2D eigenvalue weighted by atomic mass is 16.2. The van der Waals surface area contributed by atoms with Gasteiger partial charge in [0.1, 0.15) is 0 Å². The number of aromatic nitrogens is 4. The molecule has 0 aliphatic carbocycles. The molecular weight excluding hydrogens is 320 g/mol. The summed E-state index contributed by atoms with van der Waals surface area (Å²) in [6.45, 7) is 8.18. The van der Waals surface area contributed by atoms with Crippen molar-refractivity contribution in [3.8, 4) is 0 Å². The van der Waals surface area contributed by atoms with E-state index in [1.807, 2.05) is 18.4 Å². The summed E-state index contributed by atoms with van der Waals surface area (Å²) in [4.78, 5) is 31.9. The van der Waals surface area contributed by atoms with Crippen molar-refractivity contribution in [1.82, 2.24) is 24.0 Å². The summed E-state index contributed by atoms with van der Waals surface area (Å²) in [5.74, 6) is 0.759. The summed E-state index contributed by atoms with van der Waals surface area (Å²) in [5.41, 5.74) is 1.45. The smallest absolute Gasteiger partial charge is 0.332 e. The lowest BCUT2D eigenvalue weighted by molar-refractivity contribution is 0.701. The van der Waals surface area contributed by atoms with Crippen molar-refractivity contribution in [3.05, 3.63) is 32.5 Å². The van der Waals surface area contributed by atoms with Crippen LogP contribution in [0.3, 0.4) is 0 Å². The highest BCUT2D eigenvalue weighted by Crippen LogP contribution is 2.20. The SMILES string of the molecule is CC(C)=CCn1c(N2CCCNCC2)nc2c1c(=O)n(C)c(=O)n2C. The lowest BCUT2D eigenvalue weighted by Gasteiger charge is -2.21. The van der Waals surface area contributed by atoms with Crippen molar-refractivity contribution in [1.29, 1.82) is 0 Å². The molecule has 8 nitrogen and oxygen atoms in total. The summed E-state index contributed by atoms with van der Waals surface area (Å²) >= 11 is 0. The first-order chi connectivity index (χ1) is 11.9. The van der Waals surface area contributed by atoms with Gasteiger partial charge in [0.2, 0.25) is 5.95 Å². The second kappa shape index (κ2) is 6.87. The molecule has 0 spiro atoms. The van der Waals surface area contributed by atoms with Gasteiger partial charge in [-0.15, -0.1) is 0 Å². The van der Waals surface area contributed by atoms with Crippen LogP contribution in [0.2, 0.25) is 0 Å². The van der Waals surface area contributed by atoms with Crippen LogP contribution in [0, 0.1) is 0 Å². The second-order valence-electron chi connectivity index (χ2n) is 6.77. The number of rotatable bonds is 3. The first kappa shape index (κ1) is 17.5. The fourth-order valence-corrected chi connectivity index (χ4v) is 3.17. The molecule has 0 atom stereocenters. The Morgan fingerprint density at radius 3 is 2.64 bits per heavy atom. The van der Waals surface area contributed by atoms with E-state index in [1.54, 1.807) is 7.05 Å². The van der Waals surface area contributed by atoms with Gasteiger partial charge in [0.05, 0.1) is 0 Å². The highest BCUT2D eigenvalue weighted by Gasteiger charge is 2.22. The van der Waals surface area contributed by atoms with E-state index in [9.17, 15) is 9.59 Å². The number of hydrogen-bond donors (Lipinski definition) is 1. The van der Waals surface area contributed by atoms with Crippen molar-refractivity contribution in [2.75, 3.05) is 31.1 Å². The van der Waals surface area contributed by atoms with E-state index in [1.165, 1.54) is 17.2 Å². The molecule has 2 aromatic heterocycles. The average Bonchev–Trinajstić information content (AvgIpc) is 2.76. The summed E-state index contributed by atoms with van der Waals surface area (Å²) < 4.78 is 4.54. The summed E-state index contributed by atoms with van der Waals surface area (Å²) in [6, 6.07) is 0. The van der Waals surface area contributed by atoms with E-state index >= 15 is 0 Å². The molecule has 1 fully saturated rings. The molecule has 2 aromatic rings. The Kier molecular flexibility index (Phi) is 4.80. The van der Waals surface area contributed by atoms with Gasteiger partial charge in [-0.3, -0.25) is 13.9 Å². The van der Waals surface area contributed by atoms with Crippen LogP contribution in [0.1, 0.15) is 20.3 Å². The number of allylic oxidation sites excluding steroid dienone is 2. The quantitative estimate of drug-likeness (QED) is 0.804. The monoisotopic (exact) mass is 346 g/mol. The maximum Gasteiger partial charge on any atom is 0.332 e. The molecule has 8 heteroatoms. The molecule has 25 heavy (non-hydrogen) atoms. The number of aryl methyl sites for hydroxylation is 1. The molecular formula is C17H26N6O2. The molecule has 1 aliphatic rings. The normalized spacial score (nSPS) is 15.4. The van der Waals surface area contributed by atoms with Gasteiger partial charge in [-0.1, -0.05) is 11.6 Å².